The third-order valence-corrected chi connectivity index (χ3v) is 2.32. The molecule has 2 atom stereocenters. The molecule has 1 rings (SSSR count). The first-order chi connectivity index (χ1) is 6.52. The lowest BCUT2D eigenvalue weighted by molar-refractivity contribution is -0.153. The van der Waals surface area contributed by atoms with Crippen molar-refractivity contribution in [2.24, 2.45) is 11.8 Å². The molecule has 1 aliphatic heterocycles. The van der Waals surface area contributed by atoms with E-state index in [2.05, 4.69) is 5.32 Å². The molecule has 0 aromatic rings. The van der Waals surface area contributed by atoms with Gasteiger partial charge in [-0.3, -0.25) is 14.4 Å². The number of carbonyl (C=O) groups excluding carboxylic acids is 1. The van der Waals surface area contributed by atoms with E-state index in [1.54, 1.807) is 0 Å². The van der Waals surface area contributed by atoms with E-state index in [1.165, 1.54) is 0 Å². The Morgan fingerprint density at radius 1 is 1.21 bits per heavy atom. The van der Waals surface area contributed by atoms with Gasteiger partial charge in [0.1, 0.15) is 0 Å². The summed E-state index contributed by atoms with van der Waals surface area (Å²) in [5.41, 5.74) is 0. The fourth-order valence-corrected chi connectivity index (χ4v) is 1.50. The summed E-state index contributed by atoms with van der Waals surface area (Å²) >= 11 is 0. The van der Waals surface area contributed by atoms with Crippen molar-refractivity contribution in [3.05, 3.63) is 0 Å². The minimum Gasteiger partial charge on any atom is -0.481 e. The van der Waals surface area contributed by atoms with Gasteiger partial charge in [0, 0.05) is 13.0 Å². The molecule has 6 heteroatoms. The summed E-state index contributed by atoms with van der Waals surface area (Å²) in [6.07, 6.45) is 0.152. The van der Waals surface area contributed by atoms with E-state index < -0.39 is 23.8 Å². The highest BCUT2D eigenvalue weighted by molar-refractivity contribution is 5.83. The second-order valence-corrected chi connectivity index (χ2v) is 3.23. The van der Waals surface area contributed by atoms with Crippen LogP contribution in [0.4, 0.5) is 0 Å². The van der Waals surface area contributed by atoms with Crippen molar-refractivity contribution < 1.29 is 24.6 Å². The van der Waals surface area contributed by atoms with Crippen LogP contribution in [-0.2, 0) is 14.4 Å². The smallest absolute Gasteiger partial charge is 0.309 e. The normalized spacial score (nSPS) is 27.6. The minimum absolute atomic E-state index is 0.0702. The Kier molecular flexibility index (Phi) is 3.06. The van der Waals surface area contributed by atoms with Crippen LogP contribution in [0.5, 0.6) is 0 Å². The van der Waals surface area contributed by atoms with E-state index in [0.717, 1.165) is 0 Å². The summed E-state index contributed by atoms with van der Waals surface area (Å²) < 4.78 is 0. The van der Waals surface area contributed by atoms with Crippen LogP contribution in [0.25, 0.3) is 0 Å². The van der Waals surface area contributed by atoms with Crippen molar-refractivity contribution in [1.82, 2.24) is 5.32 Å². The number of nitrogens with one attached hydrogen (secondary N) is 1. The van der Waals surface area contributed by atoms with Crippen LogP contribution in [0, 0.1) is 11.8 Å². The van der Waals surface area contributed by atoms with E-state index in [4.69, 9.17) is 10.2 Å². The Labute approximate surface area is 79.9 Å². The molecule has 1 amide bonds. The highest BCUT2D eigenvalue weighted by atomic mass is 16.4. The molecular formula is C8H11NO5. The third kappa shape index (κ3) is 2.21. The highest BCUT2D eigenvalue weighted by Gasteiger charge is 2.36. The number of hydrogen-bond donors (Lipinski definition) is 3. The zero-order valence-electron chi connectivity index (χ0n) is 7.40. The summed E-state index contributed by atoms with van der Waals surface area (Å²) in [6.45, 7) is -0.106. The van der Waals surface area contributed by atoms with Crippen LogP contribution in [-0.4, -0.2) is 34.6 Å². The third-order valence-electron chi connectivity index (χ3n) is 2.32. The van der Waals surface area contributed by atoms with Gasteiger partial charge in [0.15, 0.2) is 0 Å². The minimum atomic E-state index is -1.18. The monoisotopic (exact) mass is 201 g/mol. The quantitative estimate of drug-likeness (QED) is 0.548. The topological polar surface area (TPSA) is 104 Å². The number of rotatable bonds is 2. The maximum absolute atomic E-state index is 10.9. The molecule has 0 spiro atoms. The fourth-order valence-electron chi connectivity index (χ4n) is 1.50. The molecule has 1 unspecified atom stereocenters. The van der Waals surface area contributed by atoms with Crippen molar-refractivity contribution in [2.45, 2.75) is 12.8 Å². The van der Waals surface area contributed by atoms with Crippen LogP contribution >= 0.6 is 0 Å². The van der Waals surface area contributed by atoms with E-state index >= 15 is 0 Å². The number of carboxylic acid groups (broad SMARTS) is 2. The molecule has 1 aliphatic rings. The van der Waals surface area contributed by atoms with E-state index in [9.17, 15) is 14.4 Å². The molecule has 0 radical (unpaired) electrons. The highest BCUT2D eigenvalue weighted by Crippen LogP contribution is 2.20. The van der Waals surface area contributed by atoms with Crippen LogP contribution in [0.3, 0.4) is 0 Å². The van der Waals surface area contributed by atoms with Gasteiger partial charge in [-0.25, -0.2) is 0 Å². The lowest BCUT2D eigenvalue weighted by atomic mass is 9.89. The number of carboxylic acids is 2. The summed E-state index contributed by atoms with van der Waals surface area (Å²) in [6, 6.07) is 0. The lowest BCUT2D eigenvalue weighted by Crippen LogP contribution is -2.35. The SMILES string of the molecule is O=C1CC[C@@H](C(=O)O)C(C(=O)O)CN1. The molecule has 1 saturated heterocycles. The van der Waals surface area contributed by atoms with E-state index in [0.29, 0.717) is 0 Å². The molecular weight excluding hydrogens is 190 g/mol. The number of carbonyl (C=O) groups is 3. The molecule has 3 N–H and O–H groups in total. The average Bonchev–Trinajstić information content (AvgIpc) is 2.26. The predicted molar refractivity (Wildman–Crippen MR) is 44.5 cm³/mol. The van der Waals surface area contributed by atoms with Gasteiger partial charge in [0.05, 0.1) is 11.8 Å². The van der Waals surface area contributed by atoms with Crippen LogP contribution < -0.4 is 5.32 Å². The van der Waals surface area contributed by atoms with Crippen LogP contribution in [0.2, 0.25) is 0 Å². The first-order valence-corrected chi connectivity index (χ1v) is 4.24. The maximum atomic E-state index is 10.9. The molecule has 14 heavy (non-hydrogen) atoms. The molecule has 0 saturated carbocycles. The second kappa shape index (κ2) is 4.08. The van der Waals surface area contributed by atoms with Crippen molar-refractivity contribution >= 4 is 17.8 Å². The van der Waals surface area contributed by atoms with Crippen molar-refractivity contribution in [2.75, 3.05) is 6.54 Å². The molecule has 1 fully saturated rings. The van der Waals surface area contributed by atoms with Crippen LogP contribution in [0.1, 0.15) is 12.8 Å². The molecule has 0 aromatic heterocycles. The Morgan fingerprint density at radius 2 is 1.79 bits per heavy atom. The Bertz CT molecular complexity index is 249. The lowest BCUT2D eigenvalue weighted by Gasteiger charge is -2.15. The maximum Gasteiger partial charge on any atom is 0.309 e. The molecule has 6 nitrogen and oxygen atoms in total. The molecule has 78 valence electrons. The van der Waals surface area contributed by atoms with Gasteiger partial charge >= 0.3 is 11.9 Å². The van der Waals surface area contributed by atoms with Gasteiger partial charge in [-0.15, -0.1) is 0 Å². The largest absolute Gasteiger partial charge is 0.481 e. The van der Waals surface area contributed by atoms with E-state index in [1.807, 2.05) is 0 Å². The molecule has 0 aromatic carbocycles. The van der Waals surface area contributed by atoms with Gasteiger partial charge in [0.25, 0.3) is 0 Å². The zero-order valence-corrected chi connectivity index (χ0v) is 7.40. The zero-order chi connectivity index (χ0) is 10.7. The molecule has 0 aliphatic carbocycles. The number of hydrogen-bond acceptors (Lipinski definition) is 3. The first kappa shape index (κ1) is 10.5. The Hall–Kier alpha value is -1.59. The Morgan fingerprint density at radius 3 is 2.29 bits per heavy atom. The van der Waals surface area contributed by atoms with Gasteiger partial charge in [-0.1, -0.05) is 0 Å². The second-order valence-electron chi connectivity index (χ2n) is 3.23. The van der Waals surface area contributed by atoms with E-state index in [-0.39, 0.29) is 25.3 Å². The van der Waals surface area contributed by atoms with Crippen molar-refractivity contribution in [1.29, 1.82) is 0 Å². The van der Waals surface area contributed by atoms with Gasteiger partial charge in [0.2, 0.25) is 5.91 Å². The van der Waals surface area contributed by atoms with Gasteiger partial charge in [-0.05, 0) is 6.42 Å². The van der Waals surface area contributed by atoms with Crippen molar-refractivity contribution in [3.63, 3.8) is 0 Å². The standard InChI is InChI=1S/C8H11NO5/c10-6-2-1-4(7(11)12)5(3-9-6)8(13)14/h4-5H,1-3H2,(H,9,10)(H,11,12)(H,13,14)/t4-,5?/m1/s1. The average molecular weight is 201 g/mol. The molecule has 1 heterocycles. The Balaban J connectivity index is 2.81. The summed E-state index contributed by atoms with van der Waals surface area (Å²) in [4.78, 5) is 32.4. The first-order valence-electron chi connectivity index (χ1n) is 4.24. The summed E-state index contributed by atoms with van der Waals surface area (Å²) in [5.74, 6) is -4.64. The predicted octanol–water partition coefficient (Wildman–Crippen LogP) is -0.702. The summed E-state index contributed by atoms with van der Waals surface area (Å²) in [5, 5.41) is 19.9. The summed E-state index contributed by atoms with van der Waals surface area (Å²) in [7, 11) is 0. The fraction of sp³-hybridized carbons (Fsp3) is 0.625. The van der Waals surface area contributed by atoms with Crippen LogP contribution in [0.15, 0.2) is 0 Å². The number of aliphatic carboxylic acids is 2. The number of amides is 1. The van der Waals surface area contributed by atoms with Crippen molar-refractivity contribution in [3.8, 4) is 0 Å². The van der Waals surface area contributed by atoms with Gasteiger partial charge < -0.3 is 15.5 Å². The van der Waals surface area contributed by atoms with Gasteiger partial charge in [-0.2, -0.15) is 0 Å². The molecule has 0 bridgehead atoms.